The minimum Gasteiger partial charge on any atom is -0.373 e. The Morgan fingerprint density at radius 1 is 1.50 bits per heavy atom. The highest BCUT2D eigenvalue weighted by Crippen LogP contribution is 2.12. The Kier molecular flexibility index (Phi) is 4.82. The topological polar surface area (TPSA) is 47.0 Å². The van der Waals surface area contributed by atoms with Gasteiger partial charge in [0.25, 0.3) is 0 Å². The molecule has 0 bridgehead atoms. The number of anilines is 1. The number of hydrogen-bond acceptors (Lipinski definition) is 5. The molecule has 1 aromatic rings. The maximum absolute atomic E-state index is 5.34. The molecule has 0 aromatic carbocycles. The van der Waals surface area contributed by atoms with Crippen LogP contribution in [-0.4, -0.2) is 22.0 Å². The summed E-state index contributed by atoms with van der Waals surface area (Å²) in [4.78, 5) is 4.29. The van der Waals surface area contributed by atoms with Crippen molar-refractivity contribution in [3.63, 3.8) is 0 Å². The van der Waals surface area contributed by atoms with Crippen LogP contribution in [0, 0.1) is 0 Å². The van der Waals surface area contributed by atoms with Crippen molar-refractivity contribution in [1.82, 2.24) is 9.36 Å². The van der Waals surface area contributed by atoms with E-state index in [0.717, 1.165) is 24.0 Å². The molecule has 0 unspecified atom stereocenters. The second-order valence-electron chi connectivity index (χ2n) is 3.37. The van der Waals surface area contributed by atoms with E-state index in [2.05, 4.69) is 35.4 Å². The van der Waals surface area contributed by atoms with Crippen LogP contribution in [0.1, 0.15) is 33.0 Å². The quantitative estimate of drug-likeness (QED) is 0.740. The molecule has 0 spiro atoms. The van der Waals surface area contributed by atoms with Gasteiger partial charge in [-0.1, -0.05) is 6.92 Å². The Morgan fingerprint density at radius 3 is 2.93 bits per heavy atom. The van der Waals surface area contributed by atoms with Gasteiger partial charge in [-0.25, -0.2) is 4.98 Å². The number of ether oxygens (including phenoxy) is 1. The fourth-order valence-electron chi connectivity index (χ4n) is 0.926. The Morgan fingerprint density at radius 2 is 2.29 bits per heavy atom. The third kappa shape index (κ3) is 4.02. The molecule has 0 saturated heterocycles. The molecular weight excluding hydrogens is 198 g/mol. The molecule has 0 aliphatic carbocycles. The molecule has 0 aliphatic rings. The molecular formula is C9H17N3OS. The summed E-state index contributed by atoms with van der Waals surface area (Å²) in [5.74, 6) is 0.770. The molecule has 1 heterocycles. The molecule has 0 radical (unpaired) electrons. The first-order chi connectivity index (χ1) is 6.72. The summed E-state index contributed by atoms with van der Waals surface area (Å²) in [6.07, 6.45) is 1.03. The maximum atomic E-state index is 5.34. The van der Waals surface area contributed by atoms with Gasteiger partial charge in [-0.15, -0.1) is 0 Å². The molecule has 4 nitrogen and oxygen atoms in total. The van der Waals surface area contributed by atoms with Crippen molar-refractivity contribution >= 4 is 16.7 Å². The smallest absolute Gasteiger partial charge is 0.202 e. The van der Waals surface area contributed by atoms with E-state index in [-0.39, 0.29) is 0 Å². The highest BCUT2D eigenvalue weighted by Gasteiger charge is 2.04. The van der Waals surface area contributed by atoms with Crippen molar-refractivity contribution in [2.75, 3.05) is 11.9 Å². The van der Waals surface area contributed by atoms with Gasteiger partial charge in [-0.3, -0.25) is 0 Å². The van der Waals surface area contributed by atoms with Gasteiger partial charge >= 0.3 is 0 Å². The van der Waals surface area contributed by atoms with Crippen molar-refractivity contribution in [1.29, 1.82) is 0 Å². The Labute approximate surface area is 88.9 Å². The van der Waals surface area contributed by atoms with E-state index in [9.17, 15) is 0 Å². The van der Waals surface area contributed by atoms with E-state index >= 15 is 0 Å². The SMILES string of the molecule is CCCOCc1nsc(NC(C)C)n1. The lowest BCUT2D eigenvalue weighted by atomic mass is 10.4. The van der Waals surface area contributed by atoms with Crippen LogP contribution in [0.15, 0.2) is 0 Å². The number of aromatic nitrogens is 2. The molecule has 1 N–H and O–H groups in total. The molecule has 0 fully saturated rings. The second-order valence-corrected chi connectivity index (χ2v) is 4.12. The average molecular weight is 215 g/mol. The second kappa shape index (κ2) is 5.93. The summed E-state index contributed by atoms with van der Waals surface area (Å²) >= 11 is 1.38. The van der Waals surface area contributed by atoms with E-state index in [0.29, 0.717) is 12.6 Å². The van der Waals surface area contributed by atoms with Crippen LogP contribution in [0.5, 0.6) is 0 Å². The molecule has 14 heavy (non-hydrogen) atoms. The number of nitrogens with zero attached hydrogens (tertiary/aromatic N) is 2. The van der Waals surface area contributed by atoms with Gasteiger partial charge in [0, 0.05) is 24.2 Å². The van der Waals surface area contributed by atoms with Crippen LogP contribution in [0.2, 0.25) is 0 Å². The van der Waals surface area contributed by atoms with E-state index in [4.69, 9.17) is 4.74 Å². The standard InChI is InChI=1S/C9H17N3OS/c1-4-5-13-6-8-11-9(14-12-8)10-7(2)3/h7H,4-6H2,1-3H3,(H,10,11,12). The lowest BCUT2D eigenvalue weighted by Gasteiger charge is -2.03. The van der Waals surface area contributed by atoms with Crippen molar-refractivity contribution < 1.29 is 4.74 Å². The lowest BCUT2D eigenvalue weighted by molar-refractivity contribution is 0.117. The first kappa shape index (κ1) is 11.4. The Balaban J connectivity index is 2.35. The molecule has 0 aliphatic heterocycles. The molecule has 1 aromatic heterocycles. The Bertz CT molecular complexity index is 262. The van der Waals surface area contributed by atoms with Gasteiger partial charge in [0.15, 0.2) is 5.82 Å². The fraction of sp³-hybridized carbons (Fsp3) is 0.778. The predicted octanol–water partition coefficient (Wildman–Crippen LogP) is 2.29. The van der Waals surface area contributed by atoms with E-state index < -0.39 is 0 Å². The van der Waals surface area contributed by atoms with Crippen molar-refractivity contribution in [3.05, 3.63) is 5.82 Å². The first-order valence-corrected chi connectivity index (χ1v) is 5.66. The predicted molar refractivity (Wildman–Crippen MR) is 58.6 cm³/mol. The summed E-state index contributed by atoms with van der Waals surface area (Å²) in [5, 5.41) is 4.08. The van der Waals surface area contributed by atoms with Crippen LogP contribution >= 0.6 is 11.5 Å². The molecule has 0 atom stereocenters. The van der Waals surface area contributed by atoms with Gasteiger partial charge in [-0.2, -0.15) is 4.37 Å². The number of rotatable bonds is 6. The zero-order chi connectivity index (χ0) is 10.4. The summed E-state index contributed by atoms with van der Waals surface area (Å²) < 4.78 is 9.53. The largest absolute Gasteiger partial charge is 0.373 e. The monoisotopic (exact) mass is 215 g/mol. The minimum atomic E-state index is 0.396. The average Bonchev–Trinajstić information content (AvgIpc) is 2.52. The summed E-state index contributed by atoms with van der Waals surface area (Å²) in [5.41, 5.74) is 0. The van der Waals surface area contributed by atoms with Gasteiger partial charge in [0.05, 0.1) is 0 Å². The molecule has 5 heteroatoms. The van der Waals surface area contributed by atoms with E-state index in [1.807, 2.05) is 0 Å². The highest BCUT2D eigenvalue weighted by atomic mass is 32.1. The third-order valence-electron chi connectivity index (χ3n) is 1.46. The number of nitrogens with one attached hydrogen (secondary N) is 1. The van der Waals surface area contributed by atoms with Crippen LogP contribution in [0.25, 0.3) is 0 Å². The van der Waals surface area contributed by atoms with Crippen molar-refractivity contribution in [2.24, 2.45) is 0 Å². The van der Waals surface area contributed by atoms with Gasteiger partial charge in [0.2, 0.25) is 5.13 Å². The van der Waals surface area contributed by atoms with Gasteiger partial charge in [-0.05, 0) is 20.3 Å². The zero-order valence-electron chi connectivity index (χ0n) is 8.91. The molecule has 0 amide bonds. The van der Waals surface area contributed by atoms with Crippen LogP contribution in [0.4, 0.5) is 5.13 Å². The normalized spacial score (nSPS) is 10.9. The van der Waals surface area contributed by atoms with Crippen molar-refractivity contribution in [2.45, 2.75) is 39.8 Å². The third-order valence-corrected chi connectivity index (χ3v) is 2.14. The lowest BCUT2D eigenvalue weighted by Crippen LogP contribution is -2.09. The van der Waals surface area contributed by atoms with Crippen LogP contribution in [-0.2, 0) is 11.3 Å². The van der Waals surface area contributed by atoms with E-state index in [1.54, 1.807) is 0 Å². The Hall–Kier alpha value is -0.680. The molecule has 80 valence electrons. The summed E-state index contributed by atoms with van der Waals surface area (Å²) in [6, 6.07) is 0.396. The van der Waals surface area contributed by atoms with Crippen molar-refractivity contribution in [3.8, 4) is 0 Å². The summed E-state index contributed by atoms with van der Waals surface area (Å²) in [6.45, 7) is 7.53. The van der Waals surface area contributed by atoms with Gasteiger partial charge < -0.3 is 10.1 Å². The fourth-order valence-corrected chi connectivity index (χ4v) is 1.65. The first-order valence-electron chi connectivity index (χ1n) is 4.89. The summed E-state index contributed by atoms with van der Waals surface area (Å²) in [7, 11) is 0. The van der Waals surface area contributed by atoms with E-state index in [1.165, 1.54) is 11.5 Å². The number of hydrogen-bond donors (Lipinski definition) is 1. The van der Waals surface area contributed by atoms with Crippen LogP contribution in [0.3, 0.4) is 0 Å². The van der Waals surface area contributed by atoms with Gasteiger partial charge in [0.1, 0.15) is 6.61 Å². The maximum Gasteiger partial charge on any atom is 0.202 e. The highest BCUT2D eigenvalue weighted by molar-refractivity contribution is 7.09. The van der Waals surface area contributed by atoms with Crippen LogP contribution < -0.4 is 5.32 Å². The molecule has 0 saturated carbocycles. The zero-order valence-corrected chi connectivity index (χ0v) is 9.73. The minimum absolute atomic E-state index is 0.396. The molecule has 1 rings (SSSR count).